The quantitative estimate of drug-likeness (QED) is 0.303. The molecule has 3 aromatic carbocycles. The molecule has 0 spiro atoms. The molecule has 4 aromatic rings. The monoisotopic (exact) mass is 469 g/mol. The van der Waals surface area contributed by atoms with Crippen molar-refractivity contribution >= 4 is 11.0 Å². The van der Waals surface area contributed by atoms with E-state index in [2.05, 4.69) is 17.0 Å². The van der Waals surface area contributed by atoms with Crippen LogP contribution >= 0.6 is 0 Å². The third-order valence-corrected chi connectivity index (χ3v) is 6.82. The summed E-state index contributed by atoms with van der Waals surface area (Å²) in [5.74, 6) is 1.53. The molecule has 5 nitrogen and oxygen atoms in total. The maximum absolute atomic E-state index is 13.2. The molecule has 1 aliphatic rings. The third-order valence-electron chi connectivity index (χ3n) is 6.82. The number of hydrogen-bond donors (Lipinski definition) is 0. The summed E-state index contributed by atoms with van der Waals surface area (Å²) in [5, 5.41) is 0.912. The molecule has 0 radical (unpaired) electrons. The van der Waals surface area contributed by atoms with Crippen molar-refractivity contribution in [3.63, 3.8) is 0 Å². The van der Waals surface area contributed by atoms with E-state index in [1.807, 2.05) is 55.5 Å². The van der Waals surface area contributed by atoms with Gasteiger partial charge < -0.3 is 13.9 Å². The van der Waals surface area contributed by atoms with Crippen LogP contribution in [0.15, 0.2) is 75.9 Å². The second-order valence-corrected chi connectivity index (χ2v) is 9.14. The standard InChI is InChI=1S/C30H31NO4/c1-21-7-3-4-8-25(21)29-27(26-14-13-24(33-2)20-28(26)35-30(29)32)19-22-9-11-23(12-10-22)34-18-17-31-15-5-6-16-31/h3-4,7-14,20H,5-6,15-19H2,1-2H3. The van der Waals surface area contributed by atoms with Gasteiger partial charge in [0.05, 0.1) is 12.7 Å². The van der Waals surface area contributed by atoms with Crippen molar-refractivity contribution in [1.29, 1.82) is 0 Å². The van der Waals surface area contributed by atoms with E-state index in [0.717, 1.165) is 39.9 Å². The molecule has 0 unspecified atom stereocenters. The van der Waals surface area contributed by atoms with Crippen molar-refractivity contribution in [3.05, 3.63) is 93.8 Å². The lowest BCUT2D eigenvalue weighted by Crippen LogP contribution is -2.25. The highest BCUT2D eigenvalue weighted by atomic mass is 16.5. The predicted octanol–water partition coefficient (Wildman–Crippen LogP) is 5.84. The van der Waals surface area contributed by atoms with E-state index >= 15 is 0 Å². The van der Waals surface area contributed by atoms with Crippen molar-refractivity contribution in [3.8, 4) is 22.6 Å². The van der Waals surface area contributed by atoms with E-state index in [1.165, 1.54) is 25.9 Å². The number of benzene rings is 3. The average Bonchev–Trinajstić information content (AvgIpc) is 3.39. The highest BCUT2D eigenvalue weighted by Gasteiger charge is 2.19. The van der Waals surface area contributed by atoms with Crippen molar-refractivity contribution in [2.75, 3.05) is 33.4 Å². The van der Waals surface area contributed by atoms with Gasteiger partial charge in [0.25, 0.3) is 0 Å². The summed E-state index contributed by atoms with van der Waals surface area (Å²) >= 11 is 0. The van der Waals surface area contributed by atoms with Crippen molar-refractivity contribution in [1.82, 2.24) is 4.90 Å². The molecule has 1 aromatic heterocycles. The third kappa shape index (κ3) is 5.10. The molecule has 0 N–H and O–H groups in total. The smallest absolute Gasteiger partial charge is 0.344 e. The number of fused-ring (bicyclic) bond motifs is 1. The van der Waals surface area contributed by atoms with Gasteiger partial charge in [0.1, 0.15) is 23.7 Å². The zero-order valence-electron chi connectivity index (χ0n) is 20.4. The first-order chi connectivity index (χ1) is 17.1. The van der Waals surface area contributed by atoms with Gasteiger partial charge in [-0.3, -0.25) is 4.90 Å². The molecule has 1 fully saturated rings. The highest BCUT2D eigenvalue weighted by molar-refractivity contribution is 5.88. The second kappa shape index (κ2) is 10.4. The Balaban J connectivity index is 1.47. The van der Waals surface area contributed by atoms with Crippen LogP contribution in [0.5, 0.6) is 11.5 Å². The van der Waals surface area contributed by atoms with Crippen LogP contribution in [0.25, 0.3) is 22.1 Å². The number of rotatable bonds is 8. The summed E-state index contributed by atoms with van der Waals surface area (Å²) in [6, 6.07) is 21.8. The van der Waals surface area contributed by atoms with Gasteiger partial charge in [-0.25, -0.2) is 4.79 Å². The van der Waals surface area contributed by atoms with Crippen LogP contribution in [0.3, 0.4) is 0 Å². The van der Waals surface area contributed by atoms with Crippen molar-refractivity contribution in [2.45, 2.75) is 26.2 Å². The molecular formula is C30H31NO4. The molecule has 0 aliphatic carbocycles. The Kier molecular flexibility index (Phi) is 6.87. The molecule has 5 heteroatoms. The number of aryl methyl sites for hydroxylation is 1. The predicted molar refractivity (Wildman–Crippen MR) is 140 cm³/mol. The lowest BCUT2D eigenvalue weighted by Gasteiger charge is -2.16. The average molecular weight is 470 g/mol. The number of nitrogens with zero attached hydrogens (tertiary/aromatic N) is 1. The number of hydrogen-bond acceptors (Lipinski definition) is 5. The summed E-state index contributed by atoms with van der Waals surface area (Å²) in [7, 11) is 1.61. The van der Waals surface area contributed by atoms with Gasteiger partial charge in [-0.2, -0.15) is 0 Å². The van der Waals surface area contributed by atoms with Crippen LogP contribution in [0.2, 0.25) is 0 Å². The topological polar surface area (TPSA) is 51.9 Å². The highest BCUT2D eigenvalue weighted by Crippen LogP contribution is 2.33. The Morgan fingerprint density at radius 1 is 0.943 bits per heavy atom. The summed E-state index contributed by atoms with van der Waals surface area (Å²) < 4.78 is 17.1. The van der Waals surface area contributed by atoms with E-state index in [-0.39, 0.29) is 5.63 Å². The van der Waals surface area contributed by atoms with Crippen molar-refractivity contribution in [2.24, 2.45) is 0 Å². The molecule has 1 saturated heterocycles. The van der Waals surface area contributed by atoms with Crippen LogP contribution < -0.4 is 15.1 Å². The van der Waals surface area contributed by atoms with Crippen LogP contribution in [-0.2, 0) is 6.42 Å². The molecule has 0 saturated carbocycles. The number of likely N-dealkylation sites (tertiary alicyclic amines) is 1. The summed E-state index contributed by atoms with van der Waals surface area (Å²) in [5.41, 5.74) is 4.81. The van der Waals surface area contributed by atoms with Gasteiger partial charge in [-0.15, -0.1) is 0 Å². The van der Waals surface area contributed by atoms with Gasteiger partial charge in [-0.1, -0.05) is 36.4 Å². The first-order valence-corrected chi connectivity index (χ1v) is 12.3. The largest absolute Gasteiger partial charge is 0.497 e. The van der Waals surface area contributed by atoms with Gasteiger partial charge in [0.15, 0.2) is 0 Å². The van der Waals surface area contributed by atoms with E-state index in [1.54, 1.807) is 13.2 Å². The first-order valence-electron chi connectivity index (χ1n) is 12.3. The molecule has 2 heterocycles. The normalized spacial score (nSPS) is 13.9. The molecule has 1 aliphatic heterocycles. The molecule has 0 atom stereocenters. The molecule has 0 amide bonds. The minimum Gasteiger partial charge on any atom is -0.497 e. The lowest BCUT2D eigenvalue weighted by molar-refractivity contribution is 0.238. The zero-order chi connectivity index (χ0) is 24.2. The SMILES string of the molecule is COc1ccc2c(Cc3ccc(OCCN4CCCC4)cc3)c(-c3ccccc3C)c(=O)oc2c1. The van der Waals surface area contributed by atoms with E-state index in [4.69, 9.17) is 13.9 Å². The Hall–Kier alpha value is -3.57. The summed E-state index contributed by atoms with van der Waals surface area (Å²) in [6.07, 6.45) is 3.18. The van der Waals surface area contributed by atoms with Gasteiger partial charge in [0.2, 0.25) is 0 Å². The fourth-order valence-electron chi connectivity index (χ4n) is 4.89. The molecular weight excluding hydrogens is 438 g/mol. The fourth-order valence-corrected chi connectivity index (χ4v) is 4.89. The molecule has 5 rings (SSSR count). The zero-order valence-corrected chi connectivity index (χ0v) is 20.4. The maximum atomic E-state index is 13.2. The van der Waals surface area contributed by atoms with Gasteiger partial charge >= 0.3 is 5.63 Å². The van der Waals surface area contributed by atoms with Crippen LogP contribution in [0.1, 0.15) is 29.5 Å². The van der Waals surface area contributed by atoms with Gasteiger partial charge in [0, 0.05) is 18.0 Å². The lowest BCUT2D eigenvalue weighted by atomic mass is 9.91. The first kappa shape index (κ1) is 23.2. The van der Waals surface area contributed by atoms with Gasteiger partial charge in [-0.05, 0) is 85.8 Å². The van der Waals surface area contributed by atoms with E-state index in [0.29, 0.717) is 29.9 Å². The molecule has 35 heavy (non-hydrogen) atoms. The van der Waals surface area contributed by atoms with Crippen LogP contribution in [-0.4, -0.2) is 38.3 Å². The van der Waals surface area contributed by atoms with Crippen molar-refractivity contribution < 1.29 is 13.9 Å². The van der Waals surface area contributed by atoms with E-state index < -0.39 is 0 Å². The Morgan fingerprint density at radius 3 is 2.43 bits per heavy atom. The Labute approximate surface area is 205 Å². The summed E-state index contributed by atoms with van der Waals surface area (Å²) in [4.78, 5) is 15.7. The minimum absolute atomic E-state index is 0.336. The van der Waals surface area contributed by atoms with Crippen LogP contribution in [0.4, 0.5) is 0 Å². The van der Waals surface area contributed by atoms with Crippen LogP contribution in [0, 0.1) is 6.92 Å². The number of methoxy groups -OCH3 is 1. The molecule has 0 bridgehead atoms. The minimum atomic E-state index is -0.336. The Morgan fingerprint density at radius 2 is 1.69 bits per heavy atom. The fraction of sp³-hybridized carbons (Fsp3) is 0.300. The Bertz CT molecular complexity index is 1370. The number of ether oxygens (including phenoxy) is 2. The molecule has 180 valence electrons. The van der Waals surface area contributed by atoms with E-state index in [9.17, 15) is 4.79 Å². The maximum Gasteiger partial charge on any atom is 0.344 e. The second-order valence-electron chi connectivity index (χ2n) is 9.14. The summed E-state index contributed by atoms with van der Waals surface area (Å²) in [6.45, 7) is 6.04.